The van der Waals surface area contributed by atoms with E-state index < -0.39 is 423 Å². The van der Waals surface area contributed by atoms with E-state index in [2.05, 4.69) is 0 Å². The Labute approximate surface area is 728 Å². The zero-order valence-electron chi connectivity index (χ0n) is 64.9. The molecule has 10 aromatic carbocycles. The summed E-state index contributed by atoms with van der Waals surface area (Å²) in [7, 11) is 0. The molecule has 133 heavy (non-hydrogen) atoms. The number of phenolic OH excluding ortho intramolecular Hbond substituents is 30. The minimum atomic E-state index is -3.65. The minimum Gasteiger partial charge on any atom is -0.504 e. The third-order valence-electron chi connectivity index (χ3n) is 22.3. The topological polar surface area (TPSA) is 890 Å². The van der Waals surface area contributed by atoms with Crippen molar-refractivity contribution in [1.29, 1.82) is 0 Å². The number of carbonyl (C=O) groups is 10. The highest BCUT2D eigenvalue weighted by Gasteiger charge is 2.60. The van der Waals surface area contributed by atoms with Gasteiger partial charge in [0.2, 0.25) is 46.0 Å². The number of fused-ring (bicyclic) bond motifs is 13. The maximum atomic E-state index is 16.8. The Morgan fingerprint density at radius 2 is 0.459 bits per heavy atom. The molecule has 7 aliphatic heterocycles. The van der Waals surface area contributed by atoms with Crippen molar-refractivity contribution in [1.82, 2.24) is 0 Å². The van der Waals surface area contributed by atoms with Crippen molar-refractivity contribution in [3.63, 3.8) is 0 Å². The van der Waals surface area contributed by atoms with E-state index in [0.29, 0.717) is 12.1 Å². The number of hydrogen-bond donors (Lipinski definition) is 31. The second kappa shape index (κ2) is 30.6. The van der Waals surface area contributed by atoms with E-state index in [9.17, 15) is 177 Å². The molecule has 0 spiro atoms. The van der Waals surface area contributed by atoms with Gasteiger partial charge in [0, 0.05) is 61.2 Å². The van der Waals surface area contributed by atoms with Crippen LogP contribution in [0.5, 0.6) is 172 Å². The number of esters is 10. The smallest absolute Gasteiger partial charge is 0.339 e. The fourth-order valence-electron chi connectivity index (χ4n) is 16.2. The number of ether oxygens (including phenoxy) is 10. The Morgan fingerprint density at radius 3 is 0.782 bits per heavy atom. The first-order valence-corrected chi connectivity index (χ1v) is 37.1. The number of hydrogen-bond acceptors (Lipinski definition) is 51. The number of rotatable bonds is 7. The lowest BCUT2D eigenvalue weighted by molar-refractivity contribution is -0.154. The number of aromatic hydroxyl groups is 30. The van der Waals surface area contributed by atoms with Gasteiger partial charge in [-0.3, -0.25) is 0 Å². The van der Waals surface area contributed by atoms with Crippen LogP contribution in [0.2, 0.25) is 0 Å². The Hall–Kier alpha value is -19.1. The van der Waals surface area contributed by atoms with Gasteiger partial charge in [0.25, 0.3) is 0 Å². The quantitative estimate of drug-likeness (QED) is 0.0619. The summed E-state index contributed by atoms with van der Waals surface area (Å²) in [6.07, 6.45) is -30.0. The third kappa shape index (κ3) is 13.0. The second-order valence-electron chi connectivity index (χ2n) is 29.7. The summed E-state index contributed by atoms with van der Waals surface area (Å²) < 4.78 is 58.1. The molecule has 0 amide bonds. The van der Waals surface area contributed by atoms with E-state index in [-0.39, 0.29) is 42.5 Å². The molecule has 688 valence electrons. The fourth-order valence-corrected chi connectivity index (χ4v) is 16.2. The Balaban J connectivity index is 1.00. The summed E-state index contributed by atoms with van der Waals surface area (Å²) in [6.45, 7) is -4.21. The Kier molecular flexibility index (Phi) is 20.1. The van der Waals surface area contributed by atoms with Crippen LogP contribution >= 0.6 is 0 Å². The van der Waals surface area contributed by atoms with Crippen LogP contribution in [0.4, 0.5) is 0 Å². The van der Waals surface area contributed by atoms with Crippen LogP contribution in [-0.2, 0) is 47.4 Å². The summed E-state index contributed by atoms with van der Waals surface area (Å²) in [5.41, 5.74) is -33.5. The lowest BCUT2D eigenvalue weighted by Crippen LogP contribution is -2.56. The summed E-state index contributed by atoms with van der Waals surface area (Å²) in [4.78, 5) is 156. The van der Waals surface area contributed by atoms with Crippen molar-refractivity contribution < 1.29 is 254 Å². The van der Waals surface area contributed by atoms with E-state index in [1.807, 2.05) is 0 Å². The van der Waals surface area contributed by atoms with E-state index in [0.717, 1.165) is 0 Å². The Morgan fingerprint density at radius 1 is 0.226 bits per heavy atom. The second-order valence-corrected chi connectivity index (χ2v) is 29.7. The molecule has 7 heterocycles. The lowest BCUT2D eigenvalue weighted by atomic mass is 9.72. The van der Waals surface area contributed by atoms with E-state index in [4.69, 9.17) is 47.4 Å². The average Bonchev–Trinajstić information content (AvgIpc) is 1.12. The van der Waals surface area contributed by atoms with Crippen LogP contribution < -0.4 is 0 Å². The van der Waals surface area contributed by atoms with Crippen molar-refractivity contribution in [2.45, 2.75) is 60.9 Å². The van der Waals surface area contributed by atoms with Crippen LogP contribution in [0, 0.1) is 0 Å². The lowest BCUT2D eigenvalue weighted by Gasteiger charge is -2.43. The van der Waals surface area contributed by atoms with Gasteiger partial charge in [0.15, 0.2) is 175 Å². The molecular weight excluding hydrogens is 1800 g/mol. The minimum absolute atomic E-state index is 0.0511. The highest BCUT2D eigenvalue weighted by molar-refractivity contribution is 6.15. The number of benzene rings is 10. The van der Waals surface area contributed by atoms with Crippen LogP contribution in [0.25, 0.3) is 44.5 Å². The SMILES string of the molecule is O=C(O[C@@H]1COC(=O)c2c(c(O)c(O)c(O)c2[C@H]2c3c(O)c(O)c(O)c4c3C(=O)O[C@@H]2C([C@@H]2OC(=O)c3cc(O)c(O)c(O)c3-c3c(cc(O)c(O)c3O)C(=O)OC[C@H]2OC(=O)c2cc(O)c(O)c(O)c2)OC(=O)c2cc(O)c(O)c(O)c2-4)-c2c(cc(O)c(O)c2O)C(=O)O[C@H]1[C@@H]1OC(=O)c2cc(O)c(O)c(O)c2-c2c(O)c(O)c(O)c3c2C(=O)O[C@H]1[C@@H]3O)c1cc(O)c(O)c(O)c1. The van der Waals surface area contributed by atoms with Gasteiger partial charge in [-0.25, -0.2) is 47.9 Å². The molecule has 1 unspecified atom stereocenters. The molecule has 0 saturated carbocycles. The normalized spacial score (nSPS) is 20.1. The first kappa shape index (κ1) is 87.3. The molecule has 10 aromatic rings. The van der Waals surface area contributed by atoms with Crippen molar-refractivity contribution in [2.75, 3.05) is 13.2 Å². The van der Waals surface area contributed by atoms with Crippen molar-refractivity contribution in [3.8, 4) is 217 Å². The van der Waals surface area contributed by atoms with Crippen LogP contribution in [0.15, 0.2) is 54.6 Å². The van der Waals surface area contributed by atoms with Crippen molar-refractivity contribution in [2.24, 2.45) is 0 Å². The summed E-state index contributed by atoms with van der Waals surface area (Å²) in [5, 5.41) is 358. The molecule has 31 N–H and O–H groups in total. The van der Waals surface area contributed by atoms with E-state index >= 15 is 28.8 Å². The fraction of sp³-hybridized carbons (Fsp3) is 0.146. The van der Waals surface area contributed by atoms with Crippen LogP contribution in [0.3, 0.4) is 0 Å². The predicted octanol–water partition coefficient (Wildman–Crippen LogP) is 3.09. The number of carbonyl (C=O) groups excluding carboxylic acids is 10. The van der Waals surface area contributed by atoms with Crippen LogP contribution in [0.1, 0.15) is 132 Å². The molecule has 17 rings (SSSR count). The number of phenols is 30. The molecule has 0 radical (unpaired) electrons. The largest absolute Gasteiger partial charge is 0.504 e. The van der Waals surface area contributed by atoms with Gasteiger partial charge < -0.3 is 206 Å². The number of aliphatic hydroxyl groups is 1. The van der Waals surface area contributed by atoms with Gasteiger partial charge in [-0.2, -0.15) is 0 Å². The van der Waals surface area contributed by atoms with Crippen molar-refractivity contribution in [3.05, 3.63) is 127 Å². The predicted molar refractivity (Wildman–Crippen MR) is 411 cm³/mol. The Bertz CT molecular complexity index is 6990. The molecule has 0 aromatic heterocycles. The molecule has 6 bridgehead atoms. The van der Waals surface area contributed by atoms with Crippen molar-refractivity contribution >= 4 is 59.7 Å². The number of cyclic esters (lactones) is 5. The average molecular weight is 1860 g/mol. The van der Waals surface area contributed by atoms with E-state index in [1.54, 1.807) is 0 Å². The standard InChI is InChI=1S/C82H54O51/c83-19-1-12(2-20(84)45(19)92)73(114)126-28-10-124-75(116)14-5-23(87)47(94)52(99)30(14)31-15(6-24(88)48(95)53(31)100)76(117)128-67(28)71-69-40(39-42(81(122)130-69)36(58(105)65(112)61(39)108)33-17(78(119)132-71)8-26(90)50(97)55(33)102)38-41-35(57(104)64(111)60(38)107)32-16(7-25(89)49(96)54(32)101)77(118)129-68(29(11-125-80(41)121)127-74(115)13-3-21(85)46(93)22(86)4-13)72-70-63(110)44-43(82(123)131-70)37(59(106)66(113)62(44)109)34-18(79(120)133-72)9-27(91)51(98)56(34)103/h1-9,28-29,40,63,67-72,83-113H,10-11H2/t28-,29-,40+,63-,67-,68-,69+,70+,71?,72+/m1/s1. The highest BCUT2D eigenvalue weighted by atomic mass is 16.7. The van der Waals surface area contributed by atoms with Gasteiger partial charge in [0.05, 0.1) is 61.6 Å². The van der Waals surface area contributed by atoms with E-state index in [1.165, 1.54) is 0 Å². The molecule has 0 aliphatic carbocycles. The summed E-state index contributed by atoms with van der Waals surface area (Å²) >= 11 is 0. The highest BCUT2D eigenvalue weighted by Crippen LogP contribution is 2.66. The zero-order chi connectivity index (χ0) is 96.8. The first-order valence-electron chi connectivity index (χ1n) is 37.1. The summed E-state index contributed by atoms with van der Waals surface area (Å²) in [6, 6.07) is 1.68. The molecule has 7 aliphatic rings. The summed E-state index contributed by atoms with van der Waals surface area (Å²) in [5.74, 6) is -79.1. The van der Waals surface area contributed by atoms with Gasteiger partial charge in [0.1, 0.15) is 19.3 Å². The van der Waals surface area contributed by atoms with Crippen LogP contribution in [-0.4, -0.2) is 280 Å². The van der Waals surface area contributed by atoms with Gasteiger partial charge in [-0.1, -0.05) is 0 Å². The molecular formula is C82H54O51. The maximum Gasteiger partial charge on any atom is 0.339 e. The molecule has 51 nitrogen and oxygen atoms in total. The molecule has 51 heteroatoms. The zero-order valence-corrected chi connectivity index (χ0v) is 64.9. The monoisotopic (exact) mass is 1850 g/mol. The van der Waals surface area contributed by atoms with Gasteiger partial charge in [-0.15, -0.1) is 0 Å². The number of aliphatic hydroxyl groups excluding tert-OH is 1. The maximum absolute atomic E-state index is 16.8. The molecule has 10 atom stereocenters. The van der Waals surface area contributed by atoms with Gasteiger partial charge in [-0.05, 0) is 54.6 Å². The molecule has 0 saturated heterocycles. The first-order chi connectivity index (χ1) is 62.5. The van der Waals surface area contributed by atoms with Gasteiger partial charge >= 0.3 is 59.7 Å². The molecule has 0 fully saturated rings. The third-order valence-corrected chi connectivity index (χ3v) is 22.3.